The highest BCUT2D eigenvalue weighted by molar-refractivity contribution is 9.39. The highest BCUT2D eigenvalue weighted by atomic mass is 80.0. The molecule has 0 nitrogen and oxygen atoms in total. The number of hydrogen-bond donors (Lipinski definition) is 0. The highest BCUT2D eigenvalue weighted by Crippen LogP contribution is 2.45. The average Bonchev–Trinajstić information content (AvgIpc) is 1.59. The number of hydrogen-bond acceptors (Lipinski definition) is 0. The molecule has 0 fully saturated rings. The summed E-state index contributed by atoms with van der Waals surface area (Å²) in [4.78, 5) is 0. The van der Waals surface area contributed by atoms with E-state index in [9.17, 15) is 17.6 Å². The van der Waals surface area contributed by atoms with E-state index in [0.717, 1.165) is 0 Å². The monoisotopic (exact) mass is 350 g/mol. The van der Waals surface area contributed by atoms with Crippen molar-refractivity contribution in [2.24, 2.45) is 0 Å². The molecule has 0 radical (unpaired) electrons. The van der Waals surface area contributed by atoms with Gasteiger partial charge in [-0.2, -0.15) is 13.2 Å². The lowest BCUT2D eigenvalue weighted by Crippen LogP contribution is -2.34. The lowest BCUT2D eigenvalue weighted by molar-refractivity contribution is -0.176. The number of alkyl halides is 7. The van der Waals surface area contributed by atoms with Crippen molar-refractivity contribution in [2.45, 2.75) is 14.5 Å². The predicted molar refractivity (Wildman–Crippen MR) is 40.5 cm³/mol. The van der Waals surface area contributed by atoms with Crippen LogP contribution in [0, 0.1) is 0 Å². The topological polar surface area (TPSA) is 0 Å². The molecule has 62 valence electrons. The van der Waals surface area contributed by atoms with Gasteiger partial charge < -0.3 is 0 Å². The van der Waals surface area contributed by atoms with Crippen LogP contribution < -0.4 is 0 Å². The van der Waals surface area contributed by atoms with Crippen molar-refractivity contribution >= 4 is 47.8 Å². The van der Waals surface area contributed by atoms with E-state index in [2.05, 4.69) is 47.8 Å². The molecule has 0 aliphatic carbocycles. The van der Waals surface area contributed by atoms with Gasteiger partial charge in [0.25, 0.3) is 0 Å². The van der Waals surface area contributed by atoms with Gasteiger partial charge in [0.1, 0.15) is 0 Å². The quantitative estimate of drug-likeness (QED) is 0.460. The first kappa shape index (κ1) is 11.2. The Morgan fingerprint density at radius 1 is 1.00 bits per heavy atom. The minimum atomic E-state index is -4.86. The highest BCUT2D eigenvalue weighted by Gasteiger charge is 2.51. The van der Waals surface area contributed by atoms with E-state index >= 15 is 0 Å². The molecule has 0 aliphatic heterocycles. The molecule has 1 unspecified atom stereocenters. The molecule has 0 saturated carbocycles. The maximum atomic E-state index is 12.2. The van der Waals surface area contributed by atoms with Gasteiger partial charge in [0.15, 0.2) is 2.14 Å². The van der Waals surface area contributed by atoms with Gasteiger partial charge in [0.05, 0.1) is 0 Å². The molecule has 0 aromatic carbocycles. The van der Waals surface area contributed by atoms with Crippen LogP contribution in [0.2, 0.25) is 0 Å². The van der Waals surface area contributed by atoms with Crippen molar-refractivity contribution in [3.63, 3.8) is 0 Å². The summed E-state index contributed by atoms with van der Waals surface area (Å²) >= 11 is 7.25. The lowest BCUT2D eigenvalue weighted by atomic mass is 10.4. The van der Waals surface area contributed by atoms with Crippen LogP contribution in [0.25, 0.3) is 0 Å². The van der Waals surface area contributed by atoms with Crippen LogP contribution >= 0.6 is 47.8 Å². The minimum Gasteiger partial charge on any atom is -0.234 e. The molecule has 0 rings (SSSR count). The molecule has 0 N–H and O–H groups in total. The van der Waals surface area contributed by atoms with Gasteiger partial charge in [-0.1, -0.05) is 47.8 Å². The molecule has 0 aliphatic rings. The fraction of sp³-hybridized carbons (Fsp3) is 1.00. The average molecular weight is 353 g/mol. The summed E-state index contributed by atoms with van der Waals surface area (Å²) in [5.74, 6) is 0. The summed E-state index contributed by atoms with van der Waals surface area (Å²) in [6, 6.07) is 0. The Morgan fingerprint density at radius 3 is 1.30 bits per heavy atom. The molecule has 10 heavy (non-hydrogen) atoms. The van der Waals surface area contributed by atoms with Crippen LogP contribution in [0.1, 0.15) is 0 Å². The molecule has 0 saturated heterocycles. The zero-order valence-electron chi connectivity index (χ0n) is 4.22. The fourth-order valence-corrected chi connectivity index (χ4v) is 0.964. The molecule has 0 spiro atoms. The van der Waals surface area contributed by atoms with Crippen LogP contribution in [0.4, 0.5) is 17.6 Å². The molecule has 0 amide bonds. The summed E-state index contributed by atoms with van der Waals surface area (Å²) in [6.45, 7) is 0. The normalized spacial score (nSPS) is 17.1. The van der Waals surface area contributed by atoms with Crippen LogP contribution in [0.15, 0.2) is 0 Å². The van der Waals surface area contributed by atoms with E-state index in [4.69, 9.17) is 0 Å². The van der Waals surface area contributed by atoms with E-state index in [-0.39, 0.29) is 0 Å². The SMILES string of the molecule is FC(C(F)(F)F)C(Br)(Br)Br. The largest absolute Gasteiger partial charge is 0.422 e. The van der Waals surface area contributed by atoms with Gasteiger partial charge in [-0.3, -0.25) is 0 Å². The molecule has 7 heteroatoms. The van der Waals surface area contributed by atoms with E-state index in [1.165, 1.54) is 0 Å². The van der Waals surface area contributed by atoms with Crippen molar-refractivity contribution in [1.82, 2.24) is 0 Å². The Balaban J connectivity index is 4.23. The molecule has 0 aromatic rings. The summed E-state index contributed by atoms with van der Waals surface area (Å²) < 4.78 is 44.7. The third-order valence-electron chi connectivity index (χ3n) is 0.575. The lowest BCUT2D eigenvalue weighted by Gasteiger charge is -2.19. The molecule has 1 atom stereocenters. The van der Waals surface area contributed by atoms with E-state index < -0.39 is 14.5 Å². The van der Waals surface area contributed by atoms with Crippen LogP contribution in [0.5, 0.6) is 0 Å². The maximum absolute atomic E-state index is 12.2. The third-order valence-corrected chi connectivity index (χ3v) is 1.78. The van der Waals surface area contributed by atoms with Gasteiger partial charge >= 0.3 is 6.18 Å². The van der Waals surface area contributed by atoms with Gasteiger partial charge in [-0.05, 0) is 0 Å². The number of halogens is 7. The molecular formula is C3HBr3F4. The summed E-state index contributed by atoms with van der Waals surface area (Å²) in [6.07, 6.45) is -7.85. The Kier molecular flexibility index (Phi) is 3.64. The minimum absolute atomic E-state index is 1.91. The zero-order chi connectivity index (χ0) is 8.58. The second-order valence-corrected chi connectivity index (χ2v) is 8.39. The van der Waals surface area contributed by atoms with Crippen molar-refractivity contribution < 1.29 is 17.6 Å². The van der Waals surface area contributed by atoms with E-state index in [1.807, 2.05) is 0 Å². The Morgan fingerprint density at radius 2 is 1.30 bits per heavy atom. The predicted octanol–water partition coefficient (Wildman–Crippen LogP) is 3.73. The van der Waals surface area contributed by atoms with Gasteiger partial charge in [0, 0.05) is 0 Å². The first-order chi connectivity index (χ1) is 4.15. The third kappa shape index (κ3) is 3.52. The van der Waals surface area contributed by atoms with Gasteiger partial charge in [-0.25, -0.2) is 4.39 Å². The van der Waals surface area contributed by atoms with Crippen LogP contribution in [-0.4, -0.2) is 14.5 Å². The Labute approximate surface area is 79.7 Å². The van der Waals surface area contributed by atoms with Gasteiger partial charge in [-0.15, -0.1) is 0 Å². The fourth-order valence-electron chi connectivity index (χ4n) is 0.186. The van der Waals surface area contributed by atoms with Crippen molar-refractivity contribution in [3.05, 3.63) is 0 Å². The second-order valence-electron chi connectivity index (χ2n) is 1.45. The maximum Gasteiger partial charge on any atom is 0.422 e. The first-order valence-electron chi connectivity index (χ1n) is 1.93. The smallest absolute Gasteiger partial charge is 0.234 e. The van der Waals surface area contributed by atoms with E-state index in [1.54, 1.807) is 0 Å². The Bertz CT molecular complexity index is 99.9. The van der Waals surface area contributed by atoms with Crippen molar-refractivity contribution in [2.75, 3.05) is 0 Å². The standard InChI is InChI=1S/C3HBr3F4/c4-2(5,6)1(7)3(8,9)10/h1H. The van der Waals surface area contributed by atoms with E-state index in [0.29, 0.717) is 0 Å². The number of rotatable bonds is 0. The molecule has 0 aromatic heterocycles. The van der Waals surface area contributed by atoms with Crippen LogP contribution in [-0.2, 0) is 0 Å². The second kappa shape index (κ2) is 3.26. The van der Waals surface area contributed by atoms with Gasteiger partial charge in [0.2, 0.25) is 6.17 Å². The molecule has 0 heterocycles. The summed E-state index contributed by atoms with van der Waals surface area (Å²) in [7, 11) is 0. The Hall–Kier alpha value is 1.16. The van der Waals surface area contributed by atoms with Crippen molar-refractivity contribution in [1.29, 1.82) is 0 Å². The first-order valence-corrected chi connectivity index (χ1v) is 4.31. The zero-order valence-corrected chi connectivity index (χ0v) is 8.98. The van der Waals surface area contributed by atoms with Crippen molar-refractivity contribution in [3.8, 4) is 0 Å². The summed E-state index contributed by atoms with van der Waals surface area (Å²) in [5.41, 5.74) is 0. The molecule has 0 bridgehead atoms. The molecular weight excluding hydrogens is 352 g/mol. The summed E-state index contributed by atoms with van der Waals surface area (Å²) in [5, 5.41) is 0. The van der Waals surface area contributed by atoms with Crippen LogP contribution in [0.3, 0.4) is 0 Å².